The van der Waals surface area contributed by atoms with Gasteiger partial charge in [-0.2, -0.15) is 5.10 Å². The maximum Gasteiger partial charge on any atom is 0.239 e. The molecule has 1 fully saturated rings. The molecule has 1 amide bonds. The number of amidine groups is 1. The number of hydrogen-bond acceptors (Lipinski definition) is 4. The lowest BCUT2D eigenvalue weighted by Gasteiger charge is -2.03. The minimum atomic E-state index is -0.137. The molecular formula is C16H19N3OS. The van der Waals surface area contributed by atoms with Crippen molar-refractivity contribution in [2.24, 2.45) is 10.2 Å². The van der Waals surface area contributed by atoms with Crippen LogP contribution in [0.4, 0.5) is 0 Å². The second kappa shape index (κ2) is 7.22. The van der Waals surface area contributed by atoms with Gasteiger partial charge in [0.25, 0.3) is 0 Å². The summed E-state index contributed by atoms with van der Waals surface area (Å²) in [5.41, 5.74) is 2.28. The molecule has 1 aromatic carbocycles. The highest BCUT2D eigenvalue weighted by Crippen LogP contribution is 2.22. The van der Waals surface area contributed by atoms with Gasteiger partial charge >= 0.3 is 0 Å². The van der Waals surface area contributed by atoms with E-state index in [1.165, 1.54) is 17.3 Å². The Morgan fingerprint density at radius 3 is 2.71 bits per heavy atom. The summed E-state index contributed by atoms with van der Waals surface area (Å²) in [6.45, 7) is 7.96. The van der Waals surface area contributed by atoms with Gasteiger partial charge in [-0.3, -0.25) is 4.79 Å². The third-order valence-corrected chi connectivity index (χ3v) is 4.21. The normalized spacial score (nSPS) is 20.4. The van der Waals surface area contributed by atoms with Crippen molar-refractivity contribution in [2.75, 3.05) is 0 Å². The van der Waals surface area contributed by atoms with Crippen LogP contribution in [0.3, 0.4) is 0 Å². The van der Waals surface area contributed by atoms with Crippen molar-refractivity contribution >= 4 is 29.1 Å². The maximum atomic E-state index is 11.6. The monoisotopic (exact) mass is 301 g/mol. The molecular weight excluding hydrogens is 282 g/mol. The van der Waals surface area contributed by atoms with E-state index in [4.69, 9.17) is 0 Å². The van der Waals surface area contributed by atoms with E-state index in [2.05, 4.69) is 48.1 Å². The van der Waals surface area contributed by atoms with Crippen LogP contribution in [-0.4, -0.2) is 22.5 Å². The fourth-order valence-electron chi connectivity index (χ4n) is 1.87. The van der Waals surface area contributed by atoms with Crippen LogP contribution < -0.4 is 5.32 Å². The molecule has 0 saturated carbocycles. The summed E-state index contributed by atoms with van der Waals surface area (Å²) < 4.78 is 0. The highest BCUT2D eigenvalue weighted by molar-refractivity contribution is 8.15. The standard InChI is InChI=1S/C16H19N3OS/c1-4-5-14-15(20)18-16(21-14)19-17-10-12-6-8-13(9-7-12)11(2)3/h4,6-11,14H,1,5H2,2-3H3,(H,18,19,20). The summed E-state index contributed by atoms with van der Waals surface area (Å²) in [6.07, 6.45) is 4.06. The molecule has 1 aliphatic rings. The number of carbonyl (C=O) groups excluding carboxylic acids is 1. The lowest BCUT2D eigenvalue weighted by atomic mass is 10.0. The molecule has 1 atom stereocenters. The molecule has 1 unspecified atom stereocenters. The molecule has 1 saturated heterocycles. The average molecular weight is 301 g/mol. The Morgan fingerprint density at radius 2 is 2.10 bits per heavy atom. The molecule has 0 radical (unpaired) electrons. The van der Waals surface area contributed by atoms with Gasteiger partial charge in [-0.15, -0.1) is 11.7 Å². The number of nitrogens with zero attached hydrogens (tertiary/aromatic N) is 2. The van der Waals surface area contributed by atoms with Gasteiger partial charge in [0.15, 0.2) is 5.17 Å². The van der Waals surface area contributed by atoms with Crippen molar-refractivity contribution in [3.8, 4) is 0 Å². The minimum absolute atomic E-state index is 0.0323. The van der Waals surface area contributed by atoms with E-state index in [1.54, 1.807) is 12.3 Å². The Balaban J connectivity index is 1.97. The van der Waals surface area contributed by atoms with Gasteiger partial charge in [0.1, 0.15) is 0 Å². The molecule has 2 rings (SSSR count). The lowest BCUT2D eigenvalue weighted by Crippen LogP contribution is -2.24. The van der Waals surface area contributed by atoms with Gasteiger partial charge in [0.2, 0.25) is 5.91 Å². The number of thioether (sulfide) groups is 1. The molecule has 1 aliphatic heterocycles. The number of benzene rings is 1. The summed E-state index contributed by atoms with van der Waals surface area (Å²) in [5, 5.41) is 11.2. The molecule has 1 N–H and O–H groups in total. The average Bonchev–Trinajstić information content (AvgIpc) is 2.80. The van der Waals surface area contributed by atoms with Gasteiger partial charge in [0, 0.05) is 0 Å². The molecule has 0 aliphatic carbocycles. The van der Waals surface area contributed by atoms with Crippen LogP contribution in [-0.2, 0) is 4.79 Å². The zero-order chi connectivity index (χ0) is 15.2. The number of allylic oxidation sites excluding steroid dienone is 1. The van der Waals surface area contributed by atoms with E-state index in [0.29, 0.717) is 17.5 Å². The Labute approximate surface area is 129 Å². The summed E-state index contributed by atoms with van der Waals surface area (Å²) >= 11 is 1.39. The molecule has 4 nitrogen and oxygen atoms in total. The molecule has 5 heteroatoms. The molecule has 0 aromatic heterocycles. The first kappa shape index (κ1) is 15.5. The van der Waals surface area contributed by atoms with Crippen LogP contribution in [0.15, 0.2) is 47.1 Å². The Kier molecular flexibility index (Phi) is 5.33. The molecule has 0 spiro atoms. The Hall–Kier alpha value is -1.88. The highest BCUT2D eigenvalue weighted by Gasteiger charge is 2.28. The smallest absolute Gasteiger partial charge is 0.239 e. The number of rotatable bonds is 5. The first-order chi connectivity index (χ1) is 10.1. The van der Waals surface area contributed by atoms with Crippen LogP contribution in [0.1, 0.15) is 37.3 Å². The van der Waals surface area contributed by atoms with Crippen LogP contribution >= 0.6 is 11.8 Å². The van der Waals surface area contributed by atoms with Crippen molar-refractivity contribution in [3.63, 3.8) is 0 Å². The summed E-state index contributed by atoms with van der Waals surface area (Å²) in [4.78, 5) is 11.6. The zero-order valence-corrected chi connectivity index (χ0v) is 13.1. The number of nitrogens with one attached hydrogen (secondary N) is 1. The maximum absolute atomic E-state index is 11.6. The Bertz CT molecular complexity index is 576. The molecule has 110 valence electrons. The van der Waals surface area contributed by atoms with Gasteiger partial charge in [-0.05, 0) is 23.5 Å². The fraction of sp³-hybridized carbons (Fsp3) is 0.312. The molecule has 1 heterocycles. The number of amides is 1. The quantitative estimate of drug-likeness (QED) is 0.515. The van der Waals surface area contributed by atoms with E-state index < -0.39 is 0 Å². The predicted octanol–water partition coefficient (Wildman–Crippen LogP) is 3.31. The van der Waals surface area contributed by atoms with E-state index in [1.807, 2.05) is 12.1 Å². The fourth-order valence-corrected chi connectivity index (χ4v) is 2.80. The first-order valence-corrected chi connectivity index (χ1v) is 7.77. The van der Waals surface area contributed by atoms with E-state index in [9.17, 15) is 4.79 Å². The first-order valence-electron chi connectivity index (χ1n) is 6.89. The number of hydrogen-bond donors (Lipinski definition) is 1. The van der Waals surface area contributed by atoms with Gasteiger partial charge in [-0.1, -0.05) is 56.0 Å². The van der Waals surface area contributed by atoms with Crippen molar-refractivity contribution < 1.29 is 4.79 Å². The largest absolute Gasteiger partial charge is 0.303 e. The van der Waals surface area contributed by atoms with Crippen molar-refractivity contribution in [1.29, 1.82) is 0 Å². The van der Waals surface area contributed by atoms with Gasteiger partial charge < -0.3 is 5.32 Å². The topological polar surface area (TPSA) is 53.8 Å². The van der Waals surface area contributed by atoms with E-state index >= 15 is 0 Å². The third-order valence-electron chi connectivity index (χ3n) is 3.12. The van der Waals surface area contributed by atoms with Crippen LogP contribution in [0.5, 0.6) is 0 Å². The molecule has 21 heavy (non-hydrogen) atoms. The second-order valence-corrected chi connectivity index (χ2v) is 6.28. The van der Waals surface area contributed by atoms with Gasteiger partial charge in [0.05, 0.1) is 11.5 Å². The third kappa shape index (κ3) is 4.29. The number of carbonyl (C=O) groups is 1. The highest BCUT2D eigenvalue weighted by atomic mass is 32.2. The lowest BCUT2D eigenvalue weighted by molar-refractivity contribution is -0.118. The van der Waals surface area contributed by atoms with E-state index in [-0.39, 0.29) is 11.2 Å². The second-order valence-electron chi connectivity index (χ2n) is 5.09. The van der Waals surface area contributed by atoms with Crippen molar-refractivity contribution in [2.45, 2.75) is 31.4 Å². The van der Waals surface area contributed by atoms with Crippen LogP contribution in [0.25, 0.3) is 0 Å². The van der Waals surface area contributed by atoms with Crippen LogP contribution in [0.2, 0.25) is 0 Å². The Morgan fingerprint density at radius 1 is 1.38 bits per heavy atom. The zero-order valence-electron chi connectivity index (χ0n) is 12.2. The van der Waals surface area contributed by atoms with Gasteiger partial charge in [-0.25, -0.2) is 0 Å². The SMILES string of the molecule is C=CCC1SC(=NN=Cc2ccc(C(C)C)cc2)NC1=O. The van der Waals surface area contributed by atoms with E-state index in [0.717, 1.165) is 5.56 Å². The van der Waals surface area contributed by atoms with Crippen LogP contribution in [0, 0.1) is 0 Å². The minimum Gasteiger partial charge on any atom is -0.303 e. The molecule has 1 aromatic rings. The molecule has 0 bridgehead atoms. The van der Waals surface area contributed by atoms with Crippen molar-refractivity contribution in [3.05, 3.63) is 48.0 Å². The summed E-state index contributed by atoms with van der Waals surface area (Å²) in [5.74, 6) is 0.485. The van der Waals surface area contributed by atoms with Crippen molar-refractivity contribution in [1.82, 2.24) is 5.32 Å². The predicted molar refractivity (Wildman–Crippen MR) is 89.9 cm³/mol. The summed E-state index contributed by atoms with van der Waals surface area (Å²) in [7, 11) is 0. The summed E-state index contributed by atoms with van der Waals surface area (Å²) in [6, 6.07) is 8.20.